The second-order valence-corrected chi connectivity index (χ2v) is 11.7. The molecule has 3 fully saturated rings. The summed E-state index contributed by atoms with van der Waals surface area (Å²) in [7, 11) is 2.07. The van der Waals surface area contributed by atoms with E-state index < -0.39 is 36.6 Å². The van der Waals surface area contributed by atoms with Crippen LogP contribution >= 0.6 is 0 Å². The maximum atomic E-state index is 6.63. The van der Waals surface area contributed by atoms with Gasteiger partial charge in [0.1, 0.15) is 12.9 Å². The van der Waals surface area contributed by atoms with Crippen LogP contribution in [-0.4, -0.2) is 57.1 Å². The molecule has 190 valence electrons. The van der Waals surface area contributed by atoms with E-state index in [1.54, 1.807) is 13.3 Å². The van der Waals surface area contributed by atoms with E-state index in [4.69, 9.17) is 28.2 Å². The first-order valence-corrected chi connectivity index (χ1v) is 12.4. The number of hydrogen-bond donors (Lipinski definition) is 0. The van der Waals surface area contributed by atoms with Crippen LogP contribution in [0.2, 0.25) is 0 Å². The average Bonchev–Trinajstić information content (AvgIpc) is 3.51. The molecule has 1 aromatic rings. The van der Waals surface area contributed by atoms with Crippen LogP contribution in [0.5, 0.6) is 5.75 Å². The number of allylic oxidation sites excluding steroid dienone is 1. The third-order valence-electron chi connectivity index (χ3n) is 8.17. The van der Waals surface area contributed by atoms with Gasteiger partial charge in [0.05, 0.1) is 35.7 Å². The van der Waals surface area contributed by atoms with Crippen molar-refractivity contribution in [3.63, 3.8) is 0 Å². The van der Waals surface area contributed by atoms with Crippen molar-refractivity contribution in [1.82, 2.24) is 0 Å². The average molecular weight is 483 g/mol. The summed E-state index contributed by atoms with van der Waals surface area (Å²) in [6.07, 6.45) is 3.83. The highest BCUT2D eigenvalue weighted by molar-refractivity contribution is 6.74. The van der Waals surface area contributed by atoms with E-state index in [1.165, 1.54) is 7.11 Å². The number of hydrogen-bond acceptors (Lipinski definition) is 7. The summed E-state index contributed by atoms with van der Waals surface area (Å²) in [4.78, 5) is 5.01. The Morgan fingerprint density at radius 3 is 1.83 bits per heavy atom. The molecule has 2 heterocycles. The van der Waals surface area contributed by atoms with E-state index in [-0.39, 0.29) is 0 Å². The molecule has 1 aromatic carbocycles. The molecule has 0 atom stereocenters. The van der Waals surface area contributed by atoms with Crippen LogP contribution in [0.15, 0.2) is 28.8 Å². The van der Waals surface area contributed by atoms with Gasteiger partial charge in [-0.05, 0) is 109 Å². The van der Waals surface area contributed by atoms with Gasteiger partial charge in [-0.15, -0.1) is 0 Å². The fourth-order valence-corrected chi connectivity index (χ4v) is 4.40. The summed E-state index contributed by atoms with van der Waals surface area (Å²) in [6, 6.07) is 5.88. The molecular weight excluding hydrogens is 444 g/mol. The summed E-state index contributed by atoms with van der Waals surface area (Å²) in [5, 5.41) is 4.06. The largest absolute Gasteiger partial charge is 0.497 e. The highest BCUT2D eigenvalue weighted by Gasteiger charge is 2.58. The molecule has 35 heavy (non-hydrogen) atoms. The van der Waals surface area contributed by atoms with Gasteiger partial charge in [0.25, 0.3) is 0 Å². The molecule has 4 rings (SSSR count). The zero-order valence-corrected chi connectivity index (χ0v) is 22.9. The fraction of sp³-hybridized carbons (Fsp3) is 0.654. The van der Waals surface area contributed by atoms with Crippen molar-refractivity contribution >= 4 is 25.9 Å². The minimum absolute atomic E-state index is 0.317. The van der Waals surface area contributed by atoms with Crippen LogP contribution < -0.4 is 4.74 Å². The monoisotopic (exact) mass is 483 g/mol. The third-order valence-corrected chi connectivity index (χ3v) is 8.17. The SMILES string of the molecule is CO/N=C/c1ccc(OC)cc1/C(B1OC(C)(C)C(C)(C)O1)=C(/B1OC(C)(C)C(C)(C)O1)C1CC1. The lowest BCUT2D eigenvalue weighted by Gasteiger charge is -2.32. The van der Waals surface area contributed by atoms with Gasteiger partial charge in [-0.2, -0.15) is 0 Å². The summed E-state index contributed by atoms with van der Waals surface area (Å²) >= 11 is 0. The van der Waals surface area contributed by atoms with Gasteiger partial charge >= 0.3 is 14.2 Å². The van der Waals surface area contributed by atoms with Crippen molar-refractivity contribution in [2.45, 2.75) is 90.6 Å². The lowest BCUT2D eigenvalue weighted by molar-refractivity contribution is 0.00578. The normalized spacial score (nSPS) is 25.2. The van der Waals surface area contributed by atoms with Crippen molar-refractivity contribution in [2.75, 3.05) is 14.2 Å². The summed E-state index contributed by atoms with van der Waals surface area (Å²) < 4.78 is 32.1. The van der Waals surface area contributed by atoms with Crippen LogP contribution in [-0.2, 0) is 23.5 Å². The van der Waals surface area contributed by atoms with Crippen molar-refractivity contribution < 1.29 is 28.2 Å². The molecule has 0 radical (unpaired) electrons. The zero-order chi connectivity index (χ0) is 25.8. The van der Waals surface area contributed by atoms with Crippen molar-refractivity contribution in [2.24, 2.45) is 11.1 Å². The molecule has 0 spiro atoms. The van der Waals surface area contributed by atoms with E-state index in [0.29, 0.717) is 5.92 Å². The zero-order valence-electron chi connectivity index (χ0n) is 22.9. The Kier molecular flexibility index (Phi) is 6.71. The Labute approximate surface area is 210 Å². The highest BCUT2D eigenvalue weighted by atomic mass is 16.7. The van der Waals surface area contributed by atoms with E-state index in [2.05, 4.69) is 60.5 Å². The molecule has 1 aliphatic carbocycles. The first-order valence-electron chi connectivity index (χ1n) is 12.4. The van der Waals surface area contributed by atoms with Crippen molar-refractivity contribution in [3.05, 3.63) is 34.8 Å². The van der Waals surface area contributed by atoms with E-state index in [0.717, 1.165) is 40.7 Å². The first-order chi connectivity index (χ1) is 16.2. The summed E-state index contributed by atoms with van der Waals surface area (Å²) in [5.41, 5.74) is 1.82. The van der Waals surface area contributed by atoms with E-state index >= 15 is 0 Å². The topological polar surface area (TPSA) is 67.7 Å². The van der Waals surface area contributed by atoms with Crippen LogP contribution in [0.1, 0.15) is 79.4 Å². The number of benzene rings is 1. The second-order valence-electron chi connectivity index (χ2n) is 11.7. The smallest absolute Gasteiger partial charge is 0.494 e. The van der Waals surface area contributed by atoms with Crippen LogP contribution in [0, 0.1) is 5.92 Å². The Morgan fingerprint density at radius 1 is 0.857 bits per heavy atom. The molecule has 0 bridgehead atoms. The van der Waals surface area contributed by atoms with Crippen LogP contribution in [0.3, 0.4) is 0 Å². The molecular formula is C26H39B2NO6. The Hall–Kier alpha value is -1.80. The molecule has 9 heteroatoms. The molecule has 2 saturated heterocycles. The number of ether oxygens (including phenoxy) is 1. The standard InChI is InChI=1S/C26H39B2NO6/c1-23(2)24(3,4)33-27(32-23)21(17-11-12-17)22(28-34-25(5,6)26(7,8)35-28)20-15-19(30-9)14-13-18(20)16-29-31-10/h13-17H,11-12H2,1-10H3/b22-21-,29-16+. The number of methoxy groups -OCH3 is 1. The molecule has 7 nitrogen and oxygen atoms in total. The Morgan fingerprint density at radius 2 is 1.37 bits per heavy atom. The van der Waals surface area contributed by atoms with Gasteiger partial charge in [-0.25, -0.2) is 0 Å². The fourth-order valence-electron chi connectivity index (χ4n) is 4.40. The van der Waals surface area contributed by atoms with Crippen molar-refractivity contribution in [1.29, 1.82) is 0 Å². The van der Waals surface area contributed by atoms with E-state index in [1.807, 2.05) is 18.2 Å². The third kappa shape index (κ3) is 4.80. The predicted octanol–water partition coefficient (Wildman–Crippen LogP) is 5.10. The molecule has 2 aliphatic heterocycles. The van der Waals surface area contributed by atoms with Gasteiger partial charge in [-0.3, -0.25) is 0 Å². The van der Waals surface area contributed by atoms with Gasteiger partial charge in [0.15, 0.2) is 0 Å². The van der Waals surface area contributed by atoms with Gasteiger partial charge < -0.3 is 28.2 Å². The van der Waals surface area contributed by atoms with Crippen LogP contribution in [0.25, 0.3) is 5.47 Å². The number of oxime groups is 1. The lowest BCUT2D eigenvalue weighted by Crippen LogP contribution is -2.41. The van der Waals surface area contributed by atoms with Gasteiger partial charge in [0.2, 0.25) is 0 Å². The summed E-state index contributed by atoms with van der Waals surface area (Å²) in [5.74, 6) is 1.05. The summed E-state index contributed by atoms with van der Waals surface area (Å²) in [6.45, 7) is 16.6. The van der Waals surface area contributed by atoms with Gasteiger partial charge in [-0.1, -0.05) is 5.16 Å². The maximum absolute atomic E-state index is 6.63. The minimum atomic E-state index is -0.614. The van der Waals surface area contributed by atoms with E-state index in [9.17, 15) is 0 Å². The number of nitrogens with zero attached hydrogens (tertiary/aromatic N) is 1. The van der Waals surface area contributed by atoms with Crippen LogP contribution in [0.4, 0.5) is 0 Å². The minimum Gasteiger partial charge on any atom is -0.497 e. The maximum Gasteiger partial charge on any atom is 0.494 e. The number of rotatable bonds is 7. The van der Waals surface area contributed by atoms with Crippen molar-refractivity contribution in [3.8, 4) is 5.75 Å². The first kappa shape index (κ1) is 26.3. The highest BCUT2D eigenvalue weighted by Crippen LogP contribution is 2.50. The Balaban J connectivity index is 1.96. The molecule has 0 aromatic heterocycles. The Bertz CT molecular complexity index is 997. The predicted molar refractivity (Wildman–Crippen MR) is 139 cm³/mol. The second kappa shape index (κ2) is 8.94. The molecule has 0 N–H and O–H groups in total. The van der Waals surface area contributed by atoms with Gasteiger partial charge in [0, 0.05) is 5.56 Å². The molecule has 1 saturated carbocycles. The molecule has 0 unspecified atom stereocenters. The quantitative estimate of drug-likeness (QED) is 0.306. The lowest BCUT2D eigenvalue weighted by atomic mass is 9.60. The molecule has 0 amide bonds. The molecule has 3 aliphatic rings.